The van der Waals surface area contributed by atoms with E-state index in [9.17, 15) is 45.3 Å². The normalized spacial score (nSPS) is 28.9. The molecule has 208 valence electrons. The largest absolute Gasteiger partial charge is 0.507 e. The van der Waals surface area contributed by atoms with Crippen LogP contribution in [0.3, 0.4) is 0 Å². The summed E-state index contributed by atoms with van der Waals surface area (Å²) in [4.78, 5) is 24.3. The number of Topliss-reactive ketones (excluding diaryl/α,β-unsaturated/α-hetero) is 1. The Morgan fingerprint density at radius 1 is 1.13 bits per heavy atom. The summed E-state index contributed by atoms with van der Waals surface area (Å²) in [6.07, 6.45) is -4.63. The fraction of sp³-hybridized carbons (Fsp3) is 0.407. The number of aldehydes is 1. The number of carbonyl (C=O) groups excluding carboxylic acids is 2. The van der Waals surface area contributed by atoms with Gasteiger partial charge < -0.3 is 51.0 Å². The molecule has 1 saturated heterocycles. The minimum absolute atomic E-state index is 0.0155. The lowest BCUT2D eigenvalue weighted by Gasteiger charge is -2.41. The SMILES string of the molecule is C[C@@H]1O[C@H](OC2C[C@](O)(C(=O)CO)Cc3c2c(O)c2c(O)c4c(C=O)cccc4c(O)c2c3O)CC(N)C1O. The van der Waals surface area contributed by atoms with Crippen molar-refractivity contribution >= 4 is 33.6 Å². The molecule has 39 heavy (non-hydrogen) atoms. The lowest BCUT2D eigenvalue weighted by molar-refractivity contribution is -0.247. The first-order chi connectivity index (χ1) is 18.4. The van der Waals surface area contributed by atoms with Gasteiger partial charge in [0.25, 0.3) is 0 Å². The molecule has 3 unspecified atom stereocenters. The lowest BCUT2D eigenvalue weighted by atomic mass is 9.74. The van der Waals surface area contributed by atoms with Crippen LogP contribution in [0.2, 0.25) is 0 Å². The molecule has 1 aliphatic heterocycles. The second kappa shape index (κ2) is 9.59. The van der Waals surface area contributed by atoms with Crippen LogP contribution in [-0.4, -0.2) is 84.6 Å². The molecule has 1 fully saturated rings. The Balaban J connectivity index is 1.77. The van der Waals surface area contributed by atoms with E-state index < -0.39 is 84.5 Å². The highest BCUT2D eigenvalue weighted by Crippen LogP contribution is 2.56. The zero-order valence-corrected chi connectivity index (χ0v) is 20.9. The van der Waals surface area contributed by atoms with Crippen LogP contribution >= 0.6 is 0 Å². The van der Waals surface area contributed by atoms with Gasteiger partial charge in [-0.05, 0) is 6.92 Å². The van der Waals surface area contributed by atoms with Crippen molar-refractivity contribution in [1.82, 2.24) is 0 Å². The first-order valence-corrected chi connectivity index (χ1v) is 12.4. The second-order valence-corrected chi connectivity index (χ2v) is 10.2. The summed E-state index contributed by atoms with van der Waals surface area (Å²) in [6, 6.07) is 3.54. The summed E-state index contributed by atoms with van der Waals surface area (Å²) in [5.41, 5.74) is 3.54. The smallest absolute Gasteiger partial charge is 0.190 e. The van der Waals surface area contributed by atoms with Gasteiger partial charge in [-0.25, -0.2) is 0 Å². The van der Waals surface area contributed by atoms with Gasteiger partial charge in [0.1, 0.15) is 35.2 Å². The number of phenolic OH excluding ortho intramolecular Hbond substituents is 4. The van der Waals surface area contributed by atoms with E-state index in [-0.39, 0.29) is 44.7 Å². The number of phenols is 4. The van der Waals surface area contributed by atoms with Gasteiger partial charge in [-0.1, -0.05) is 18.2 Å². The number of nitrogens with two attached hydrogens (primary N) is 1. The van der Waals surface area contributed by atoms with E-state index in [1.807, 2.05) is 0 Å². The monoisotopic (exact) mass is 543 g/mol. The van der Waals surface area contributed by atoms with E-state index in [1.165, 1.54) is 18.2 Å². The van der Waals surface area contributed by atoms with Crippen LogP contribution < -0.4 is 5.73 Å². The van der Waals surface area contributed by atoms with Crippen molar-refractivity contribution in [1.29, 1.82) is 0 Å². The maximum atomic E-state index is 12.6. The third-order valence-corrected chi connectivity index (χ3v) is 7.82. The number of rotatable bonds is 5. The van der Waals surface area contributed by atoms with E-state index in [1.54, 1.807) is 6.92 Å². The molecule has 5 rings (SSSR count). The fourth-order valence-corrected chi connectivity index (χ4v) is 5.77. The van der Waals surface area contributed by atoms with Crippen molar-refractivity contribution in [2.24, 2.45) is 5.73 Å². The van der Waals surface area contributed by atoms with Crippen molar-refractivity contribution in [3.63, 3.8) is 0 Å². The Morgan fingerprint density at radius 3 is 2.46 bits per heavy atom. The maximum absolute atomic E-state index is 12.6. The average molecular weight is 544 g/mol. The highest BCUT2D eigenvalue weighted by Gasteiger charge is 2.48. The third kappa shape index (κ3) is 4.07. The minimum Gasteiger partial charge on any atom is -0.507 e. The van der Waals surface area contributed by atoms with Gasteiger partial charge >= 0.3 is 0 Å². The molecule has 0 radical (unpaired) electrons. The van der Waals surface area contributed by atoms with Crippen LogP contribution in [0, 0.1) is 0 Å². The highest BCUT2D eigenvalue weighted by molar-refractivity contribution is 6.18. The number of fused-ring (bicyclic) bond motifs is 3. The molecule has 2 aliphatic rings. The molecule has 0 aromatic heterocycles. The van der Waals surface area contributed by atoms with Gasteiger partial charge in [-0.15, -0.1) is 0 Å². The Bertz CT molecular complexity index is 1490. The van der Waals surface area contributed by atoms with Gasteiger partial charge in [0.15, 0.2) is 18.4 Å². The number of aliphatic hydroxyl groups is 3. The van der Waals surface area contributed by atoms with Crippen LogP contribution in [-0.2, 0) is 20.7 Å². The molecule has 12 nitrogen and oxygen atoms in total. The average Bonchev–Trinajstić information content (AvgIpc) is 2.90. The quantitative estimate of drug-likeness (QED) is 0.127. The number of aliphatic hydroxyl groups excluding tert-OH is 2. The third-order valence-electron chi connectivity index (χ3n) is 7.82. The molecule has 0 spiro atoms. The van der Waals surface area contributed by atoms with Crippen molar-refractivity contribution < 1.29 is 54.8 Å². The molecule has 1 aliphatic carbocycles. The van der Waals surface area contributed by atoms with Crippen molar-refractivity contribution in [3.05, 3.63) is 34.9 Å². The number of hydrogen-bond donors (Lipinski definition) is 8. The van der Waals surface area contributed by atoms with Crippen LogP contribution in [0.1, 0.15) is 47.4 Å². The Morgan fingerprint density at radius 2 is 1.82 bits per heavy atom. The molecule has 6 atom stereocenters. The van der Waals surface area contributed by atoms with Crippen molar-refractivity contribution in [2.45, 2.75) is 62.4 Å². The van der Waals surface area contributed by atoms with Gasteiger partial charge in [-0.2, -0.15) is 0 Å². The number of carbonyl (C=O) groups is 2. The molecule has 3 aromatic rings. The van der Waals surface area contributed by atoms with E-state index in [4.69, 9.17) is 15.2 Å². The predicted octanol–water partition coefficient (Wildman–Crippen LogP) is 0.747. The van der Waals surface area contributed by atoms with Gasteiger partial charge in [0.05, 0.1) is 29.1 Å². The van der Waals surface area contributed by atoms with E-state index in [0.29, 0.717) is 6.29 Å². The van der Waals surface area contributed by atoms with Gasteiger partial charge in [-0.3, -0.25) is 9.59 Å². The molecule has 0 saturated carbocycles. The van der Waals surface area contributed by atoms with Crippen molar-refractivity contribution in [3.8, 4) is 23.0 Å². The molecular formula is C27H29NO11. The summed E-state index contributed by atoms with van der Waals surface area (Å²) < 4.78 is 11.7. The molecule has 0 amide bonds. The standard InChI is InChI=1S/C27H29NO11/c1-10-22(32)14(28)5-17(38-10)39-15-7-27(37,16(31)9-30)6-13-19(15)26(36)21-20(24(13)34)23(33)12-4-2-3-11(8-29)18(12)25(21)35/h2-4,8,10,14-15,17,22,30,32-37H,5-7,9,28H2,1H3/t10-,14?,15?,17+,22?,27-/m0/s1. The van der Waals surface area contributed by atoms with E-state index in [0.717, 1.165) is 0 Å². The summed E-state index contributed by atoms with van der Waals surface area (Å²) in [6.45, 7) is 0.561. The first-order valence-electron chi connectivity index (χ1n) is 12.4. The molecule has 12 heteroatoms. The van der Waals surface area contributed by atoms with Crippen LogP contribution in [0.4, 0.5) is 0 Å². The number of benzene rings is 3. The topological polar surface area (TPSA) is 220 Å². The molecule has 9 N–H and O–H groups in total. The first kappa shape index (κ1) is 27.1. The zero-order valence-electron chi connectivity index (χ0n) is 20.9. The lowest BCUT2D eigenvalue weighted by Crippen LogP contribution is -2.52. The summed E-state index contributed by atoms with van der Waals surface area (Å²) in [7, 11) is 0. The van der Waals surface area contributed by atoms with Crippen LogP contribution in [0.15, 0.2) is 18.2 Å². The second-order valence-electron chi connectivity index (χ2n) is 10.2. The number of ether oxygens (including phenoxy) is 2. The number of aromatic hydroxyl groups is 4. The molecule has 0 bridgehead atoms. The van der Waals surface area contributed by atoms with Crippen LogP contribution in [0.25, 0.3) is 21.5 Å². The Labute approximate surface area is 221 Å². The predicted molar refractivity (Wildman–Crippen MR) is 136 cm³/mol. The van der Waals surface area contributed by atoms with Crippen LogP contribution in [0.5, 0.6) is 23.0 Å². The summed E-state index contributed by atoms with van der Waals surface area (Å²) >= 11 is 0. The molecule has 3 aromatic carbocycles. The molecular weight excluding hydrogens is 514 g/mol. The summed E-state index contributed by atoms with van der Waals surface area (Å²) in [5.74, 6) is -3.38. The maximum Gasteiger partial charge on any atom is 0.190 e. The highest BCUT2D eigenvalue weighted by atomic mass is 16.7. The Hall–Kier alpha value is -3.52. The number of hydrogen-bond acceptors (Lipinski definition) is 12. The van der Waals surface area contributed by atoms with E-state index in [2.05, 4.69) is 0 Å². The number of ketones is 1. The van der Waals surface area contributed by atoms with Gasteiger partial charge in [0.2, 0.25) is 0 Å². The zero-order chi connectivity index (χ0) is 28.4. The minimum atomic E-state index is -2.23. The fourth-order valence-electron chi connectivity index (χ4n) is 5.77. The van der Waals surface area contributed by atoms with Crippen molar-refractivity contribution in [2.75, 3.05) is 6.61 Å². The van der Waals surface area contributed by atoms with E-state index >= 15 is 0 Å². The van der Waals surface area contributed by atoms with Gasteiger partial charge in [0, 0.05) is 52.8 Å². The molecule has 1 heterocycles. The summed E-state index contributed by atoms with van der Waals surface area (Å²) in [5, 5.41) is 75.3. The Kier molecular flexibility index (Phi) is 6.66.